The summed E-state index contributed by atoms with van der Waals surface area (Å²) in [6.07, 6.45) is 0.745. The number of nitrogens with zero attached hydrogens (tertiary/aromatic N) is 2. The first-order valence-electron chi connectivity index (χ1n) is 7.53. The lowest BCUT2D eigenvalue weighted by Gasteiger charge is -2.11. The standard InChI is InChI=1S/C18H14Cl2N2O3/c1-10(2)24-16-6-4-12(8-15(16)20)17-21-18(25-22-17)13-5-3-11(9-23)7-14(13)19/h3-10H,1-2H3. The highest BCUT2D eigenvalue weighted by molar-refractivity contribution is 6.33. The SMILES string of the molecule is CC(C)Oc1ccc(-c2noc(-c3ccc(C=O)cc3Cl)n2)cc1Cl. The molecule has 0 unspecified atom stereocenters. The number of hydrogen-bond donors (Lipinski definition) is 0. The normalized spacial score (nSPS) is 10.9. The quantitative estimate of drug-likeness (QED) is 0.564. The van der Waals surface area contributed by atoms with E-state index in [1.54, 1.807) is 36.4 Å². The average Bonchev–Trinajstić information content (AvgIpc) is 3.06. The molecule has 7 heteroatoms. The van der Waals surface area contributed by atoms with Gasteiger partial charge in [0.1, 0.15) is 12.0 Å². The molecule has 3 rings (SSSR count). The molecule has 0 N–H and O–H groups in total. The second kappa shape index (κ2) is 7.25. The third-order valence-corrected chi connectivity index (χ3v) is 3.95. The Morgan fingerprint density at radius 3 is 2.56 bits per heavy atom. The highest BCUT2D eigenvalue weighted by Gasteiger charge is 2.15. The van der Waals surface area contributed by atoms with Crippen molar-refractivity contribution in [1.29, 1.82) is 0 Å². The van der Waals surface area contributed by atoms with E-state index in [0.29, 0.717) is 38.3 Å². The second-order valence-electron chi connectivity index (χ2n) is 5.59. The predicted octanol–water partition coefficient (Wildman–Crippen LogP) is 5.31. The summed E-state index contributed by atoms with van der Waals surface area (Å²) < 4.78 is 10.9. The molecule has 25 heavy (non-hydrogen) atoms. The molecule has 0 bridgehead atoms. The molecule has 0 amide bonds. The molecule has 0 spiro atoms. The predicted molar refractivity (Wildman–Crippen MR) is 96.3 cm³/mol. The minimum atomic E-state index is 0.0246. The van der Waals surface area contributed by atoms with Gasteiger partial charge in [-0.25, -0.2) is 0 Å². The van der Waals surface area contributed by atoms with Crippen LogP contribution in [0.5, 0.6) is 5.75 Å². The van der Waals surface area contributed by atoms with Crippen LogP contribution in [0.4, 0.5) is 0 Å². The first-order chi connectivity index (χ1) is 12.0. The molecular weight excluding hydrogens is 363 g/mol. The van der Waals surface area contributed by atoms with Gasteiger partial charge in [-0.2, -0.15) is 4.98 Å². The van der Waals surface area contributed by atoms with Crippen molar-refractivity contribution < 1.29 is 14.1 Å². The minimum Gasteiger partial charge on any atom is -0.489 e. The van der Waals surface area contributed by atoms with Crippen molar-refractivity contribution in [3.05, 3.63) is 52.0 Å². The zero-order valence-electron chi connectivity index (χ0n) is 13.5. The Morgan fingerprint density at radius 2 is 1.92 bits per heavy atom. The van der Waals surface area contributed by atoms with Crippen molar-refractivity contribution in [1.82, 2.24) is 10.1 Å². The number of ether oxygens (including phenoxy) is 1. The largest absolute Gasteiger partial charge is 0.489 e. The van der Waals surface area contributed by atoms with Crippen LogP contribution in [0.1, 0.15) is 24.2 Å². The number of hydrogen-bond acceptors (Lipinski definition) is 5. The van der Waals surface area contributed by atoms with E-state index in [-0.39, 0.29) is 12.0 Å². The van der Waals surface area contributed by atoms with Gasteiger partial charge >= 0.3 is 0 Å². The molecule has 128 valence electrons. The van der Waals surface area contributed by atoms with Gasteiger partial charge in [0.25, 0.3) is 5.89 Å². The summed E-state index contributed by atoms with van der Waals surface area (Å²) in [5, 5.41) is 4.79. The van der Waals surface area contributed by atoms with Crippen LogP contribution in [-0.2, 0) is 0 Å². The molecule has 0 aliphatic rings. The molecule has 0 aliphatic heterocycles. The lowest BCUT2D eigenvalue weighted by molar-refractivity contribution is 0.112. The molecule has 1 heterocycles. The lowest BCUT2D eigenvalue weighted by Crippen LogP contribution is -2.05. The lowest BCUT2D eigenvalue weighted by atomic mass is 10.1. The molecule has 3 aromatic rings. The van der Waals surface area contributed by atoms with Crippen LogP contribution >= 0.6 is 23.2 Å². The van der Waals surface area contributed by atoms with Gasteiger partial charge in [0.05, 0.1) is 21.7 Å². The van der Waals surface area contributed by atoms with Gasteiger partial charge in [-0.3, -0.25) is 4.79 Å². The van der Waals surface area contributed by atoms with Crippen molar-refractivity contribution in [3.8, 4) is 28.6 Å². The fraction of sp³-hybridized carbons (Fsp3) is 0.167. The molecule has 0 saturated carbocycles. The summed E-state index contributed by atoms with van der Waals surface area (Å²) in [5.74, 6) is 1.23. The first kappa shape index (κ1) is 17.5. The van der Waals surface area contributed by atoms with Crippen molar-refractivity contribution in [3.63, 3.8) is 0 Å². The Hall–Kier alpha value is -2.37. The van der Waals surface area contributed by atoms with Crippen molar-refractivity contribution in [2.45, 2.75) is 20.0 Å². The van der Waals surface area contributed by atoms with E-state index in [1.165, 1.54) is 0 Å². The molecular formula is C18H14Cl2N2O3. The highest BCUT2D eigenvalue weighted by Crippen LogP contribution is 2.32. The van der Waals surface area contributed by atoms with Gasteiger partial charge in [-0.05, 0) is 44.2 Å². The van der Waals surface area contributed by atoms with Crippen LogP contribution in [0.25, 0.3) is 22.8 Å². The van der Waals surface area contributed by atoms with Crippen LogP contribution in [0.2, 0.25) is 10.0 Å². The maximum atomic E-state index is 10.8. The van der Waals surface area contributed by atoms with Crippen LogP contribution < -0.4 is 4.74 Å². The third-order valence-electron chi connectivity index (χ3n) is 3.34. The molecule has 0 radical (unpaired) electrons. The summed E-state index contributed by atoms with van der Waals surface area (Å²) >= 11 is 12.4. The molecule has 0 fully saturated rings. The Bertz CT molecular complexity index is 922. The van der Waals surface area contributed by atoms with Crippen molar-refractivity contribution >= 4 is 29.5 Å². The Kier molecular flexibility index (Phi) is 5.06. The monoisotopic (exact) mass is 376 g/mol. The van der Waals surface area contributed by atoms with Crippen molar-refractivity contribution in [2.75, 3.05) is 0 Å². The number of carbonyl (C=O) groups is 1. The summed E-state index contributed by atoms with van der Waals surface area (Å²) in [6, 6.07) is 10.1. The number of aromatic nitrogens is 2. The van der Waals surface area contributed by atoms with Crippen LogP contribution in [-0.4, -0.2) is 22.5 Å². The van der Waals surface area contributed by atoms with E-state index in [0.717, 1.165) is 6.29 Å². The van der Waals surface area contributed by atoms with Crippen LogP contribution in [0.15, 0.2) is 40.9 Å². The Labute approximate surface area is 154 Å². The second-order valence-corrected chi connectivity index (χ2v) is 6.41. The van der Waals surface area contributed by atoms with E-state index in [1.807, 2.05) is 13.8 Å². The average molecular weight is 377 g/mol. The summed E-state index contributed by atoms with van der Waals surface area (Å²) in [4.78, 5) is 15.1. The van der Waals surface area contributed by atoms with Gasteiger partial charge in [-0.1, -0.05) is 34.4 Å². The topological polar surface area (TPSA) is 65.2 Å². The zero-order chi connectivity index (χ0) is 18.0. The smallest absolute Gasteiger partial charge is 0.259 e. The summed E-state index contributed by atoms with van der Waals surface area (Å²) in [7, 11) is 0. The maximum Gasteiger partial charge on any atom is 0.259 e. The zero-order valence-corrected chi connectivity index (χ0v) is 15.0. The van der Waals surface area contributed by atoms with Crippen LogP contribution in [0, 0.1) is 0 Å². The fourth-order valence-electron chi connectivity index (χ4n) is 2.22. The van der Waals surface area contributed by atoms with Crippen molar-refractivity contribution in [2.24, 2.45) is 0 Å². The number of rotatable bonds is 5. The summed E-state index contributed by atoms with van der Waals surface area (Å²) in [5.41, 5.74) is 1.72. The fourth-order valence-corrected chi connectivity index (χ4v) is 2.71. The Morgan fingerprint density at radius 1 is 1.12 bits per heavy atom. The van der Waals surface area contributed by atoms with E-state index in [4.69, 9.17) is 32.5 Å². The van der Waals surface area contributed by atoms with Gasteiger partial charge in [0.15, 0.2) is 0 Å². The first-order valence-corrected chi connectivity index (χ1v) is 8.29. The van der Waals surface area contributed by atoms with E-state index >= 15 is 0 Å². The van der Waals surface area contributed by atoms with E-state index in [9.17, 15) is 4.79 Å². The number of aldehydes is 1. The maximum absolute atomic E-state index is 10.8. The molecule has 0 atom stereocenters. The van der Waals surface area contributed by atoms with E-state index in [2.05, 4.69) is 10.1 Å². The summed E-state index contributed by atoms with van der Waals surface area (Å²) in [6.45, 7) is 3.85. The number of carbonyl (C=O) groups excluding carboxylic acids is 1. The molecule has 0 saturated heterocycles. The molecule has 2 aromatic carbocycles. The van der Waals surface area contributed by atoms with Gasteiger partial charge in [0, 0.05) is 11.1 Å². The van der Waals surface area contributed by atoms with E-state index < -0.39 is 0 Å². The molecule has 5 nitrogen and oxygen atoms in total. The number of halogens is 2. The molecule has 0 aliphatic carbocycles. The van der Waals surface area contributed by atoms with Gasteiger partial charge < -0.3 is 9.26 Å². The van der Waals surface area contributed by atoms with Gasteiger partial charge in [0.2, 0.25) is 5.82 Å². The third kappa shape index (κ3) is 3.83. The highest BCUT2D eigenvalue weighted by atomic mass is 35.5. The minimum absolute atomic E-state index is 0.0246. The molecule has 1 aromatic heterocycles. The Balaban J connectivity index is 1.91. The van der Waals surface area contributed by atoms with Crippen LogP contribution in [0.3, 0.4) is 0 Å². The van der Waals surface area contributed by atoms with Gasteiger partial charge in [-0.15, -0.1) is 0 Å². The number of benzene rings is 2.